The molecule has 41 nitrogen and oxygen atoms in total. The maximum absolute atomic E-state index is 13.6. The predicted molar refractivity (Wildman–Crippen MR) is 257 cm³/mol. The summed E-state index contributed by atoms with van der Waals surface area (Å²) in [5.41, 5.74) is 15.3. The highest BCUT2D eigenvalue weighted by molar-refractivity contribution is 7.88. The molecule has 3 saturated heterocycles. The fourth-order valence-electron chi connectivity index (χ4n) is 8.87. The number of aromatic amines is 2. The number of aliphatic hydroxyl groups excluding tert-OH is 3. The van der Waals surface area contributed by atoms with Crippen LogP contribution in [0.15, 0.2) is 34.9 Å². The molecule has 15 N–H and O–H groups in total. The van der Waals surface area contributed by atoms with Gasteiger partial charge in [0.05, 0.1) is 51.9 Å². The number of anilines is 3. The Kier molecular flexibility index (Phi) is 16.5. The van der Waals surface area contributed by atoms with E-state index in [-0.39, 0.29) is 51.2 Å². The summed E-state index contributed by atoms with van der Waals surface area (Å²) < 4.78 is 136. The Labute approximate surface area is 444 Å². The van der Waals surface area contributed by atoms with Gasteiger partial charge in [-0.3, -0.25) is 46.9 Å². The van der Waals surface area contributed by atoms with E-state index in [2.05, 4.69) is 53.2 Å². The van der Waals surface area contributed by atoms with Crippen molar-refractivity contribution in [3.8, 4) is 0 Å². The SMILES string of the molecule is CO[C@@H]1[C@H](OP(=O)([O-])OC[C@H]2O[C@@H](n3cnc4c(=O)[nH]c(N)nc43)[C@H](O)[C@@H]2O)[C@@H](COP(=O)(O)OP(=O)(O)OP(=O)(O)OC[C@H]2O[C@H]([n+]3cn(C)c4c(=O)[nH]c(N)nc43)[C@H](O)[C@@H]2CNS(C)(=O)=O)O[C@H]1n1cnc2c(N)ncnc21. The van der Waals surface area contributed by atoms with E-state index in [9.17, 15) is 71.2 Å². The van der Waals surface area contributed by atoms with Crippen molar-refractivity contribution in [3.63, 3.8) is 0 Å². The van der Waals surface area contributed by atoms with Gasteiger partial charge in [-0.1, -0.05) is 4.98 Å². The van der Waals surface area contributed by atoms with Crippen LogP contribution in [0.1, 0.15) is 18.7 Å². The van der Waals surface area contributed by atoms with Gasteiger partial charge in [-0.05, 0) is 0 Å². The number of hydrogen-bond acceptors (Lipinski definition) is 31. The van der Waals surface area contributed by atoms with Gasteiger partial charge in [0.2, 0.25) is 27.7 Å². The van der Waals surface area contributed by atoms with Crippen LogP contribution in [-0.4, -0.2) is 181 Å². The Balaban J connectivity index is 0.878. The predicted octanol–water partition coefficient (Wildman–Crippen LogP) is -5.54. The standard InChI is InChI=1S/C34H48N16O25P4S/c1-47-11-50(27-18(47)29(55)46-34(37)44-27)30-19(51)12(4-42-80(3,64)65)13(70-30)5-68-77(58,59)74-79(62,63)75-78(60,61)69-7-15-22(23(66-2)32(72-15)48-9-40-16-24(35)38-8-39-25(16)48)73-76(56,57)67-6-14-20(52)21(53)31(71-14)49-10-41-17-26(49)43-33(36)45-28(17)54/h8-15,19-23,30-32,42,51-53H,4-7H2,1-3H3,(H11-,35,36,37,38,39,43,44,45,46,54,55,56,57,58,59,60,61,62,63)/t12-,13-,14-,15-,19-,20-,21-,22-,23-,30+,31-,32-/m1/s1. The molecule has 440 valence electrons. The van der Waals surface area contributed by atoms with Crippen molar-refractivity contribution in [1.82, 2.24) is 58.3 Å². The molecule has 3 aliphatic heterocycles. The summed E-state index contributed by atoms with van der Waals surface area (Å²) in [6.45, 7) is -4.11. The molecule has 0 amide bonds. The summed E-state index contributed by atoms with van der Waals surface area (Å²) in [4.78, 5) is 98.8. The molecular formula is C34H48N16O25P4S. The molecule has 0 aromatic carbocycles. The minimum absolute atomic E-state index is 0.0204. The van der Waals surface area contributed by atoms with Gasteiger partial charge in [0.1, 0.15) is 54.6 Å². The third-order valence-electron chi connectivity index (χ3n) is 12.3. The number of ether oxygens (including phenoxy) is 4. The van der Waals surface area contributed by atoms with E-state index in [1.54, 1.807) is 0 Å². The van der Waals surface area contributed by atoms with Crippen molar-refractivity contribution in [2.24, 2.45) is 13.0 Å². The number of nitrogens with one attached hydrogen (secondary N) is 3. The van der Waals surface area contributed by atoms with Crippen molar-refractivity contribution in [2.75, 3.05) is 56.9 Å². The molecular weight excluding hydrogens is 1190 g/mol. The summed E-state index contributed by atoms with van der Waals surface area (Å²) in [5.74, 6) is -2.12. The second-order valence-corrected chi connectivity index (χ2v) is 25.6. The van der Waals surface area contributed by atoms with E-state index < -0.39 is 152 Å². The van der Waals surface area contributed by atoms with Crippen molar-refractivity contribution in [3.05, 3.63) is 46.0 Å². The maximum atomic E-state index is 13.6. The highest BCUT2D eigenvalue weighted by atomic mass is 32.2. The van der Waals surface area contributed by atoms with E-state index in [1.807, 2.05) is 0 Å². The first kappa shape index (κ1) is 59.4. The van der Waals surface area contributed by atoms with Gasteiger partial charge < -0.3 is 80.1 Å². The smallest absolute Gasteiger partial charge is 0.490 e. The molecule has 0 aliphatic carbocycles. The van der Waals surface area contributed by atoms with Gasteiger partial charge in [-0.2, -0.15) is 13.6 Å². The first-order chi connectivity index (χ1) is 37.3. The van der Waals surface area contributed by atoms with Crippen LogP contribution in [0.3, 0.4) is 0 Å². The summed E-state index contributed by atoms with van der Waals surface area (Å²) in [6.07, 6.45) is -13.4. The average Bonchev–Trinajstić information content (AvgIpc) is 4.42. The Morgan fingerprint density at radius 1 is 0.762 bits per heavy atom. The molecule has 6 aromatic heterocycles. The highest BCUT2D eigenvalue weighted by Gasteiger charge is 2.53. The number of fused-ring (bicyclic) bond motifs is 3. The summed E-state index contributed by atoms with van der Waals surface area (Å²) >= 11 is 0. The lowest BCUT2D eigenvalue weighted by atomic mass is 9.98. The number of hydrogen-bond donors (Lipinski definition) is 12. The lowest BCUT2D eigenvalue weighted by molar-refractivity contribution is -0.745. The third-order valence-corrected chi connectivity index (χ3v) is 18.2. The van der Waals surface area contributed by atoms with Gasteiger partial charge in [0.25, 0.3) is 24.9 Å². The number of rotatable bonds is 22. The Morgan fingerprint density at radius 2 is 1.36 bits per heavy atom. The van der Waals surface area contributed by atoms with Crippen LogP contribution in [0.2, 0.25) is 0 Å². The van der Waals surface area contributed by atoms with Gasteiger partial charge >= 0.3 is 29.1 Å². The largest absolute Gasteiger partial charge is 0.756 e. The van der Waals surface area contributed by atoms with Gasteiger partial charge in [0.15, 0.2) is 41.4 Å². The number of nitrogens with two attached hydrogens (primary N) is 3. The lowest BCUT2D eigenvalue weighted by Gasteiger charge is -2.31. The molecule has 0 radical (unpaired) electrons. The first-order valence-electron chi connectivity index (χ1n) is 22.6. The topological polar surface area (TPSA) is 591 Å². The van der Waals surface area contributed by atoms with E-state index >= 15 is 0 Å². The maximum Gasteiger partial charge on any atom is 0.490 e. The second-order valence-electron chi connectivity index (χ2n) is 17.7. The summed E-state index contributed by atoms with van der Waals surface area (Å²) in [5, 5.41) is 33.1. The number of aliphatic hydroxyl groups is 3. The monoisotopic (exact) mass is 1240 g/mol. The van der Waals surface area contributed by atoms with Crippen LogP contribution in [0.5, 0.6) is 0 Å². The zero-order chi connectivity index (χ0) is 58.2. The van der Waals surface area contributed by atoms with E-state index in [0.717, 1.165) is 41.5 Å². The highest BCUT2D eigenvalue weighted by Crippen LogP contribution is 2.68. The Morgan fingerprint density at radius 3 is 2.02 bits per heavy atom. The number of aromatic nitrogens is 12. The third kappa shape index (κ3) is 12.4. The van der Waals surface area contributed by atoms with Gasteiger partial charge in [-0.25, -0.2) is 51.3 Å². The second kappa shape index (κ2) is 22.2. The molecule has 0 spiro atoms. The van der Waals surface area contributed by atoms with Crippen LogP contribution in [-0.2, 0) is 81.0 Å². The number of imidazole rings is 3. The van der Waals surface area contributed by atoms with E-state index in [4.69, 9.17) is 54.2 Å². The zero-order valence-electron chi connectivity index (χ0n) is 40.9. The number of phosphoric acid groups is 4. The van der Waals surface area contributed by atoms with E-state index in [0.29, 0.717) is 0 Å². The number of nitrogens with zero attached hydrogens (tertiary/aromatic N) is 10. The normalized spacial score (nSPS) is 29.5. The number of phosphoric ester groups is 3. The van der Waals surface area contributed by atoms with E-state index in [1.165, 1.54) is 22.5 Å². The van der Waals surface area contributed by atoms with Crippen molar-refractivity contribution < 1.29 is 112 Å². The molecule has 3 aliphatic rings. The number of sulfonamides is 1. The van der Waals surface area contributed by atoms with Crippen LogP contribution in [0.4, 0.5) is 17.7 Å². The molecule has 9 heterocycles. The molecule has 4 unspecified atom stereocenters. The Bertz CT molecular complexity index is 3770. The van der Waals surface area contributed by atoms with Gasteiger partial charge in [-0.15, -0.1) is 0 Å². The number of aryl methyl sites for hydroxylation is 1. The molecule has 3 fully saturated rings. The summed E-state index contributed by atoms with van der Waals surface area (Å²) in [6, 6.07) is 0. The minimum Gasteiger partial charge on any atom is -0.756 e. The minimum atomic E-state index is -6.28. The molecule has 0 saturated carbocycles. The zero-order valence-corrected chi connectivity index (χ0v) is 45.3. The molecule has 6 aromatic rings. The molecule has 46 heteroatoms. The van der Waals surface area contributed by atoms with Crippen molar-refractivity contribution in [2.45, 2.75) is 67.5 Å². The fraction of sp³-hybridized carbons (Fsp3) is 0.559. The number of nitrogen functional groups attached to an aromatic ring is 3. The lowest BCUT2D eigenvalue weighted by Crippen LogP contribution is -2.46. The van der Waals surface area contributed by atoms with Crippen LogP contribution in [0, 0.1) is 5.92 Å². The molecule has 9 rings (SSSR count). The first-order valence-corrected chi connectivity index (χ1v) is 30.4. The number of H-pyrrole nitrogens is 2. The fourth-order valence-corrected chi connectivity index (χ4v) is 13.8. The van der Waals surface area contributed by atoms with Crippen LogP contribution in [0.25, 0.3) is 33.5 Å². The Hall–Kier alpha value is -5.20. The molecule has 80 heavy (non-hydrogen) atoms. The quantitative estimate of drug-likeness (QED) is 0.0223. The van der Waals surface area contributed by atoms with Crippen molar-refractivity contribution in [1.29, 1.82) is 0 Å². The number of methoxy groups -OCH3 is 1. The van der Waals surface area contributed by atoms with Crippen molar-refractivity contribution >= 4 is 92.5 Å². The average molecular weight is 1240 g/mol. The van der Waals surface area contributed by atoms with Crippen LogP contribution >= 0.6 is 31.3 Å². The summed E-state index contributed by atoms with van der Waals surface area (Å²) in [7, 11) is -25.4. The van der Waals surface area contributed by atoms with Crippen LogP contribution < -0.4 is 42.5 Å². The van der Waals surface area contributed by atoms with Gasteiger partial charge in [0, 0.05) is 19.6 Å². The molecule has 16 atom stereocenters. The molecule has 0 bridgehead atoms.